The van der Waals surface area contributed by atoms with Crippen LogP contribution in [0.1, 0.15) is 35.6 Å². The van der Waals surface area contributed by atoms with E-state index in [2.05, 4.69) is 21.9 Å². The predicted molar refractivity (Wildman–Crippen MR) is 70.7 cm³/mol. The number of aromatic nitrogens is 3. The lowest BCUT2D eigenvalue weighted by Crippen LogP contribution is -2.01. The molecule has 17 heavy (non-hydrogen) atoms. The molecular weight excluding hydrogens is 254 g/mol. The first-order valence-electron chi connectivity index (χ1n) is 5.60. The molecule has 0 amide bonds. The normalized spacial score (nSPS) is 10.8. The zero-order valence-electron chi connectivity index (χ0n) is 9.90. The third kappa shape index (κ3) is 3.48. The summed E-state index contributed by atoms with van der Waals surface area (Å²) >= 11 is 7.62. The molecule has 0 aliphatic carbocycles. The molecule has 0 spiro atoms. The van der Waals surface area contributed by atoms with Crippen LogP contribution in [0, 0.1) is 6.92 Å². The Morgan fingerprint density at radius 3 is 2.76 bits per heavy atom. The fraction of sp³-hybridized carbons (Fsp3) is 0.417. The zero-order valence-corrected chi connectivity index (χ0v) is 11.5. The summed E-state index contributed by atoms with van der Waals surface area (Å²) in [6, 6.07) is 1.83. The summed E-state index contributed by atoms with van der Waals surface area (Å²) in [5, 5.41) is 3.59. The van der Waals surface area contributed by atoms with Crippen LogP contribution in [0.15, 0.2) is 11.4 Å². The quantitative estimate of drug-likeness (QED) is 0.797. The highest BCUT2D eigenvalue weighted by atomic mass is 35.5. The van der Waals surface area contributed by atoms with Crippen molar-refractivity contribution < 1.29 is 0 Å². The van der Waals surface area contributed by atoms with E-state index in [1.54, 1.807) is 11.3 Å². The van der Waals surface area contributed by atoms with E-state index in [0.717, 1.165) is 35.1 Å². The minimum Gasteiger partial charge on any atom is -0.246 e. The maximum absolute atomic E-state index is 5.99. The average molecular weight is 268 g/mol. The lowest BCUT2D eigenvalue weighted by molar-refractivity contribution is 0.839. The van der Waals surface area contributed by atoms with Crippen molar-refractivity contribution in [2.45, 2.75) is 33.1 Å². The van der Waals surface area contributed by atoms with Crippen LogP contribution < -0.4 is 0 Å². The molecule has 0 radical (unpaired) electrons. The first kappa shape index (κ1) is 12.5. The predicted octanol–water partition coefficient (Wildman–Crippen LogP) is 3.44. The lowest BCUT2D eigenvalue weighted by Gasteiger charge is -2.02. The van der Waals surface area contributed by atoms with E-state index >= 15 is 0 Å². The summed E-state index contributed by atoms with van der Waals surface area (Å²) < 4.78 is 0. The highest BCUT2D eigenvalue weighted by Gasteiger charge is 2.06. The van der Waals surface area contributed by atoms with Crippen molar-refractivity contribution in [2.75, 3.05) is 0 Å². The maximum Gasteiger partial charge on any atom is 0.137 e. The summed E-state index contributed by atoms with van der Waals surface area (Å²) in [6.07, 6.45) is 2.66. The molecule has 2 aromatic rings. The van der Waals surface area contributed by atoms with Gasteiger partial charge in [-0.1, -0.05) is 24.9 Å². The molecule has 5 heteroatoms. The van der Waals surface area contributed by atoms with Crippen molar-refractivity contribution in [1.82, 2.24) is 15.0 Å². The Kier molecular flexibility index (Phi) is 4.07. The minimum absolute atomic E-state index is 0.520. The molecule has 0 aliphatic rings. The van der Waals surface area contributed by atoms with Gasteiger partial charge >= 0.3 is 0 Å². The summed E-state index contributed by atoms with van der Waals surface area (Å²) in [5.41, 5.74) is 2.05. The van der Waals surface area contributed by atoms with Crippen LogP contribution in [-0.2, 0) is 12.8 Å². The van der Waals surface area contributed by atoms with Gasteiger partial charge in [0.1, 0.15) is 16.0 Å². The number of rotatable bonds is 4. The lowest BCUT2D eigenvalue weighted by atomic mass is 10.2. The van der Waals surface area contributed by atoms with Crippen LogP contribution in [0.4, 0.5) is 0 Å². The van der Waals surface area contributed by atoms with Gasteiger partial charge in [-0.2, -0.15) is 0 Å². The second kappa shape index (κ2) is 5.56. The number of aryl methyl sites for hydroxylation is 2. The third-order valence-corrected chi connectivity index (χ3v) is 3.44. The maximum atomic E-state index is 5.99. The summed E-state index contributed by atoms with van der Waals surface area (Å²) in [7, 11) is 0. The molecule has 3 nitrogen and oxygen atoms in total. The van der Waals surface area contributed by atoms with E-state index in [-0.39, 0.29) is 0 Å². The van der Waals surface area contributed by atoms with Crippen LogP contribution in [0.2, 0.25) is 5.15 Å². The number of hydrogen-bond acceptors (Lipinski definition) is 4. The Morgan fingerprint density at radius 1 is 1.29 bits per heavy atom. The first-order chi connectivity index (χ1) is 8.17. The highest BCUT2D eigenvalue weighted by molar-refractivity contribution is 7.09. The van der Waals surface area contributed by atoms with Gasteiger partial charge in [0.2, 0.25) is 0 Å². The second-order valence-electron chi connectivity index (χ2n) is 3.91. The average Bonchev–Trinajstić information content (AvgIpc) is 2.63. The fourth-order valence-corrected chi connectivity index (χ4v) is 2.59. The van der Waals surface area contributed by atoms with Gasteiger partial charge in [0, 0.05) is 16.8 Å². The second-order valence-corrected chi connectivity index (χ2v) is 5.24. The molecule has 2 heterocycles. The van der Waals surface area contributed by atoms with E-state index in [0.29, 0.717) is 11.6 Å². The van der Waals surface area contributed by atoms with E-state index in [4.69, 9.17) is 11.6 Å². The van der Waals surface area contributed by atoms with Gasteiger partial charge in [-0.15, -0.1) is 11.3 Å². The molecule has 0 saturated heterocycles. The third-order valence-electron chi connectivity index (χ3n) is 2.28. The molecule has 2 rings (SSSR count). The van der Waals surface area contributed by atoms with Crippen LogP contribution in [0.5, 0.6) is 0 Å². The van der Waals surface area contributed by atoms with Gasteiger partial charge in [0.15, 0.2) is 0 Å². The molecule has 0 atom stereocenters. The van der Waals surface area contributed by atoms with Gasteiger partial charge < -0.3 is 0 Å². The van der Waals surface area contributed by atoms with Crippen molar-refractivity contribution in [1.29, 1.82) is 0 Å². The van der Waals surface area contributed by atoms with E-state index in [9.17, 15) is 0 Å². The SMILES string of the molecule is CCCc1cc(Cl)nc(Cc2nc(C)cs2)n1. The molecule has 0 aromatic carbocycles. The van der Waals surface area contributed by atoms with Crippen LogP contribution >= 0.6 is 22.9 Å². The molecular formula is C12H14ClN3S. The molecule has 0 aliphatic heterocycles. The largest absolute Gasteiger partial charge is 0.246 e. The van der Waals surface area contributed by atoms with E-state index in [1.807, 2.05) is 18.4 Å². The molecule has 2 aromatic heterocycles. The Hall–Kier alpha value is -1.00. The van der Waals surface area contributed by atoms with Gasteiger partial charge in [-0.25, -0.2) is 15.0 Å². The molecule has 0 saturated carbocycles. The van der Waals surface area contributed by atoms with Crippen molar-refractivity contribution in [2.24, 2.45) is 0 Å². The van der Waals surface area contributed by atoms with E-state index < -0.39 is 0 Å². The van der Waals surface area contributed by atoms with Crippen LogP contribution in [0.25, 0.3) is 0 Å². The number of nitrogens with zero attached hydrogens (tertiary/aromatic N) is 3. The van der Waals surface area contributed by atoms with Crippen molar-refractivity contribution >= 4 is 22.9 Å². The summed E-state index contributed by atoms with van der Waals surface area (Å²) in [4.78, 5) is 13.1. The number of hydrogen-bond donors (Lipinski definition) is 0. The Labute approximate surface area is 110 Å². The van der Waals surface area contributed by atoms with Crippen molar-refractivity contribution in [3.05, 3.63) is 38.8 Å². The van der Waals surface area contributed by atoms with Crippen molar-refractivity contribution in [3.8, 4) is 0 Å². The van der Waals surface area contributed by atoms with Crippen LogP contribution in [-0.4, -0.2) is 15.0 Å². The summed E-state index contributed by atoms with van der Waals surface area (Å²) in [6.45, 7) is 4.11. The topological polar surface area (TPSA) is 38.7 Å². The van der Waals surface area contributed by atoms with Crippen LogP contribution in [0.3, 0.4) is 0 Å². The monoisotopic (exact) mass is 267 g/mol. The van der Waals surface area contributed by atoms with Gasteiger partial charge in [-0.3, -0.25) is 0 Å². The molecule has 90 valence electrons. The highest BCUT2D eigenvalue weighted by Crippen LogP contribution is 2.15. The standard InChI is InChI=1S/C12H14ClN3S/c1-3-4-9-5-10(13)16-11(15-9)6-12-14-8(2)7-17-12/h5,7H,3-4,6H2,1-2H3. The van der Waals surface area contributed by atoms with Gasteiger partial charge in [0.25, 0.3) is 0 Å². The fourth-order valence-electron chi connectivity index (χ4n) is 1.60. The van der Waals surface area contributed by atoms with Gasteiger partial charge in [-0.05, 0) is 19.4 Å². The molecule has 0 bridgehead atoms. The zero-order chi connectivity index (χ0) is 12.3. The summed E-state index contributed by atoms with van der Waals surface area (Å²) in [5.74, 6) is 0.760. The molecule has 0 N–H and O–H groups in total. The molecule has 0 fully saturated rings. The number of thiazole rings is 1. The smallest absolute Gasteiger partial charge is 0.137 e. The van der Waals surface area contributed by atoms with Crippen molar-refractivity contribution in [3.63, 3.8) is 0 Å². The Bertz CT molecular complexity index is 510. The Balaban J connectivity index is 2.20. The Morgan fingerprint density at radius 2 is 2.12 bits per heavy atom. The molecule has 0 unspecified atom stereocenters. The van der Waals surface area contributed by atoms with Gasteiger partial charge in [0.05, 0.1) is 6.42 Å². The van der Waals surface area contributed by atoms with E-state index in [1.165, 1.54) is 0 Å². The minimum atomic E-state index is 0.520. The first-order valence-corrected chi connectivity index (χ1v) is 6.86. The number of halogens is 1.